The highest BCUT2D eigenvalue weighted by atomic mass is 16.1. The number of para-hydroxylation sites is 1. The standard InChI is InChI=1S/C19H15N5O/c20-13-8-9-17-16(11-13)18(25)24(15-6-2-1-3-7-15)19(23-17)22-14-5-4-10-21-12-14/h1-12H,20H2,(H,22,23). The third-order valence-corrected chi connectivity index (χ3v) is 3.82. The number of hydrogen-bond donors (Lipinski definition) is 2. The smallest absolute Gasteiger partial charge is 0.267 e. The Kier molecular flexibility index (Phi) is 3.63. The van der Waals surface area contributed by atoms with Crippen molar-refractivity contribution in [3.8, 4) is 5.69 Å². The van der Waals surface area contributed by atoms with Gasteiger partial charge >= 0.3 is 0 Å². The zero-order chi connectivity index (χ0) is 17.2. The number of fused-ring (bicyclic) bond motifs is 1. The van der Waals surface area contributed by atoms with Crippen molar-refractivity contribution >= 4 is 28.2 Å². The molecule has 0 aliphatic heterocycles. The highest BCUT2D eigenvalue weighted by Gasteiger charge is 2.13. The third-order valence-electron chi connectivity index (χ3n) is 3.82. The molecule has 0 saturated carbocycles. The van der Waals surface area contributed by atoms with Gasteiger partial charge in [0, 0.05) is 11.9 Å². The highest BCUT2D eigenvalue weighted by Crippen LogP contribution is 2.20. The van der Waals surface area contributed by atoms with Gasteiger partial charge in [0.15, 0.2) is 0 Å². The molecule has 6 heteroatoms. The summed E-state index contributed by atoms with van der Waals surface area (Å²) in [4.78, 5) is 21.8. The van der Waals surface area contributed by atoms with E-state index in [4.69, 9.17) is 5.73 Å². The van der Waals surface area contributed by atoms with Gasteiger partial charge in [-0.05, 0) is 42.5 Å². The fraction of sp³-hybridized carbons (Fsp3) is 0. The van der Waals surface area contributed by atoms with Gasteiger partial charge in [0.25, 0.3) is 5.56 Å². The van der Waals surface area contributed by atoms with Crippen LogP contribution in [0.5, 0.6) is 0 Å². The van der Waals surface area contributed by atoms with E-state index in [0.29, 0.717) is 22.5 Å². The lowest BCUT2D eigenvalue weighted by molar-refractivity contribution is 0.974. The number of hydrogen-bond acceptors (Lipinski definition) is 5. The number of nitrogens with one attached hydrogen (secondary N) is 1. The van der Waals surface area contributed by atoms with Crippen LogP contribution in [-0.4, -0.2) is 14.5 Å². The van der Waals surface area contributed by atoms with Crippen molar-refractivity contribution < 1.29 is 0 Å². The van der Waals surface area contributed by atoms with Gasteiger partial charge in [-0.15, -0.1) is 0 Å². The van der Waals surface area contributed by atoms with E-state index in [0.717, 1.165) is 11.4 Å². The Bertz CT molecular complexity index is 1090. The van der Waals surface area contributed by atoms with Crippen LogP contribution in [0.4, 0.5) is 17.3 Å². The molecule has 0 aliphatic carbocycles. The van der Waals surface area contributed by atoms with Crippen LogP contribution < -0.4 is 16.6 Å². The maximum atomic E-state index is 13.1. The van der Waals surface area contributed by atoms with E-state index in [9.17, 15) is 4.79 Å². The molecule has 0 fully saturated rings. The van der Waals surface area contributed by atoms with Crippen LogP contribution in [0.1, 0.15) is 0 Å². The minimum absolute atomic E-state index is 0.185. The maximum Gasteiger partial charge on any atom is 0.267 e. The van der Waals surface area contributed by atoms with Crippen LogP contribution in [0, 0.1) is 0 Å². The van der Waals surface area contributed by atoms with Gasteiger partial charge in [-0.3, -0.25) is 9.78 Å². The summed E-state index contributed by atoms with van der Waals surface area (Å²) >= 11 is 0. The van der Waals surface area contributed by atoms with Crippen molar-refractivity contribution in [3.05, 3.63) is 83.4 Å². The number of benzene rings is 2. The molecule has 0 atom stereocenters. The van der Waals surface area contributed by atoms with Crippen molar-refractivity contribution in [2.75, 3.05) is 11.1 Å². The lowest BCUT2D eigenvalue weighted by Crippen LogP contribution is -2.22. The zero-order valence-corrected chi connectivity index (χ0v) is 13.3. The minimum atomic E-state index is -0.185. The van der Waals surface area contributed by atoms with E-state index in [-0.39, 0.29) is 5.56 Å². The Hall–Kier alpha value is -3.67. The van der Waals surface area contributed by atoms with Crippen LogP contribution in [0.3, 0.4) is 0 Å². The van der Waals surface area contributed by atoms with E-state index in [2.05, 4.69) is 15.3 Å². The summed E-state index contributed by atoms with van der Waals surface area (Å²) in [7, 11) is 0. The van der Waals surface area contributed by atoms with Crippen molar-refractivity contribution in [2.45, 2.75) is 0 Å². The second-order valence-electron chi connectivity index (χ2n) is 5.55. The topological polar surface area (TPSA) is 85.8 Å². The van der Waals surface area contributed by atoms with Crippen LogP contribution in [-0.2, 0) is 0 Å². The molecule has 0 amide bonds. The molecule has 6 nitrogen and oxygen atoms in total. The third kappa shape index (κ3) is 2.81. The van der Waals surface area contributed by atoms with E-state index in [1.165, 1.54) is 4.57 Å². The molecule has 2 heterocycles. The second kappa shape index (κ2) is 6.09. The number of anilines is 3. The number of nitrogens with two attached hydrogens (primary N) is 1. The zero-order valence-electron chi connectivity index (χ0n) is 13.3. The van der Waals surface area contributed by atoms with Crippen molar-refractivity contribution in [2.24, 2.45) is 0 Å². The Morgan fingerprint density at radius 1 is 1.00 bits per heavy atom. The number of nitrogens with zero attached hydrogens (tertiary/aromatic N) is 3. The van der Waals surface area contributed by atoms with E-state index >= 15 is 0 Å². The number of aromatic nitrogens is 3. The molecule has 0 unspecified atom stereocenters. The molecule has 4 aromatic rings. The van der Waals surface area contributed by atoms with E-state index in [1.54, 1.807) is 30.6 Å². The minimum Gasteiger partial charge on any atom is -0.399 e. The summed E-state index contributed by atoms with van der Waals surface area (Å²) < 4.78 is 1.54. The lowest BCUT2D eigenvalue weighted by Gasteiger charge is -2.15. The van der Waals surface area contributed by atoms with Gasteiger partial charge in [-0.25, -0.2) is 9.55 Å². The van der Waals surface area contributed by atoms with Crippen molar-refractivity contribution in [3.63, 3.8) is 0 Å². The SMILES string of the molecule is Nc1ccc2nc(Nc3cccnc3)n(-c3ccccc3)c(=O)c2c1. The van der Waals surface area contributed by atoms with E-state index < -0.39 is 0 Å². The molecule has 4 rings (SSSR count). The number of pyridine rings is 1. The number of rotatable bonds is 3. The summed E-state index contributed by atoms with van der Waals surface area (Å²) in [6.45, 7) is 0. The molecule has 122 valence electrons. The Balaban J connectivity index is 1.99. The van der Waals surface area contributed by atoms with Gasteiger partial charge in [0.05, 0.1) is 28.5 Å². The lowest BCUT2D eigenvalue weighted by atomic mass is 10.2. The molecule has 2 aromatic heterocycles. The molecule has 0 saturated heterocycles. The molecular formula is C19H15N5O. The Morgan fingerprint density at radius 2 is 1.84 bits per heavy atom. The molecule has 0 aliphatic rings. The summed E-state index contributed by atoms with van der Waals surface area (Å²) in [6, 6.07) is 18.2. The van der Waals surface area contributed by atoms with Gasteiger partial charge < -0.3 is 11.1 Å². The van der Waals surface area contributed by atoms with Gasteiger partial charge in [-0.2, -0.15) is 0 Å². The molecule has 3 N–H and O–H groups in total. The monoisotopic (exact) mass is 329 g/mol. The van der Waals surface area contributed by atoms with Crippen LogP contribution in [0.25, 0.3) is 16.6 Å². The highest BCUT2D eigenvalue weighted by molar-refractivity contribution is 5.83. The van der Waals surface area contributed by atoms with Crippen LogP contribution >= 0.6 is 0 Å². The predicted octanol–water partition coefficient (Wildman–Crippen LogP) is 3.11. The quantitative estimate of drug-likeness (QED) is 0.564. The average Bonchev–Trinajstić information content (AvgIpc) is 2.64. The fourth-order valence-electron chi connectivity index (χ4n) is 2.67. The van der Waals surface area contributed by atoms with E-state index in [1.807, 2.05) is 42.5 Å². The Morgan fingerprint density at radius 3 is 2.60 bits per heavy atom. The fourth-order valence-corrected chi connectivity index (χ4v) is 2.67. The summed E-state index contributed by atoms with van der Waals surface area (Å²) in [5.41, 5.74) is 8.23. The van der Waals surface area contributed by atoms with Gasteiger partial charge in [0.1, 0.15) is 0 Å². The number of nitrogen functional groups attached to an aromatic ring is 1. The molecular weight excluding hydrogens is 314 g/mol. The molecule has 0 spiro atoms. The second-order valence-corrected chi connectivity index (χ2v) is 5.55. The van der Waals surface area contributed by atoms with Gasteiger partial charge in [0.2, 0.25) is 5.95 Å². The normalized spacial score (nSPS) is 10.7. The average molecular weight is 329 g/mol. The van der Waals surface area contributed by atoms with Crippen molar-refractivity contribution in [1.82, 2.24) is 14.5 Å². The predicted molar refractivity (Wildman–Crippen MR) is 99.3 cm³/mol. The molecule has 0 bridgehead atoms. The Labute approximate surface area is 143 Å². The summed E-state index contributed by atoms with van der Waals surface area (Å²) in [6.07, 6.45) is 3.36. The maximum absolute atomic E-state index is 13.1. The first kappa shape index (κ1) is 14.9. The summed E-state index contributed by atoms with van der Waals surface area (Å²) in [5, 5.41) is 3.65. The van der Waals surface area contributed by atoms with Crippen molar-refractivity contribution in [1.29, 1.82) is 0 Å². The first-order valence-electron chi connectivity index (χ1n) is 7.77. The molecule has 2 aromatic carbocycles. The van der Waals surface area contributed by atoms with Crippen LogP contribution in [0.2, 0.25) is 0 Å². The first-order valence-corrected chi connectivity index (χ1v) is 7.77. The largest absolute Gasteiger partial charge is 0.399 e. The molecule has 25 heavy (non-hydrogen) atoms. The molecule has 0 radical (unpaired) electrons. The summed E-state index contributed by atoms with van der Waals surface area (Å²) in [5.74, 6) is 0.418. The van der Waals surface area contributed by atoms with Crippen LogP contribution in [0.15, 0.2) is 77.9 Å². The first-order chi connectivity index (χ1) is 12.2. The van der Waals surface area contributed by atoms with Gasteiger partial charge in [-0.1, -0.05) is 18.2 Å².